The van der Waals surface area contributed by atoms with Crippen molar-refractivity contribution in [3.8, 4) is 0 Å². The first-order chi connectivity index (χ1) is 9.55. The van der Waals surface area contributed by atoms with Crippen LogP contribution in [0.2, 0.25) is 10.0 Å². The number of likely N-dealkylation sites (N-methyl/N-ethyl adjacent to an activating group) is 1. The Bertz CT molecular complexity index is 624. The molecule has 0 unspecified atom stereocenters. The van der Waals surface area contributed by atoms with Crippen LogP contribution in [0.5, 0.6) is 0 Å². The van der Waals surface area contributed by atoms with Gasteiger partial charge in [-0.1, -0.05) is 23.2 Å². The van der Waals surface area contributed by atoms with Gasteiger partial charge >= 0.3 is 0 Å². The summed E-state index contributed by atoms with van der Waals surface area (Å²) in [6.07, 6.45) is 0. The summed E-state index contributed by atoms with van der Waals surface area (Å²) in [4.78, 5) is 11.4. The second-order valence-electron chi connectivity index (χ2n) is 4.79. The summed E-state index contributed by atoms with van der Waals surface area (Å²) in [5.74, 6) is -0.417. The van der Waals surface area contributed by atoms with Gasteiger partial charge in [-0.3, -0.25) is 4.79 Å². The van der Waals surface area contributed by atoms with Crippen molar-refractivity contribution in [1.29, 1.82) is 0 Å². The van der Waals surface area contributed by atoms with Crippen LogP contribution in [0.25, 0.3) is 0 Å². The smallest absolute Gasteiger partial charge is 0.246 e. The predicted molar refractivity (Wildman–Crippen MR) is 84.0 cm³/mol. The third kappa shape index (κ3) is 4.47. The van der Waals surface area contributed by atoms with Gasteiger partial charge in [0, 0.05) is 18.1 Å². The molecule has 1 rings (SSSR count). The largest absolute Gasteiger partial charge is 0.398 e. The Morgan fingerprint density at radius 3 is 2.43 bits per heavy atom. The molecule has 9 heteroatoms. The Hall–Kier alpha value is -1.02. The lowest BCUT2D eigenvalue weighted by molar-refractivity contribution is -0.121. The fourth-order valence-electron chi connectivity index (χ4n) is 1.66. The molecule has 3 N–H and O–H groups in total. The van der Waals surface area contributed by atoms with Crippen molar-refractivity contribution in [3.05, 3.63) is 22.2 Å². The minimum absolute atomic E-state index is 0.0661. The van der Waals surface area contributed by atoms with Gasteiger partial charge in [-0.2, -0.15) is 4.31 Å². The summed E-state index contributed by atoms with van der Waals surface area (Å²) in [6.45, 7) is 3.22. The highest BCUT2D eigenvalue weighted by Gasteiger charge is 2.28. The normalized spacial score (nSPS) is 12.0. The molecule has 0 aliphatic carbocycles. The minimum atomic E-state index is -3.99. The van der Waals surface area contributed by atoms with Crippen LogP contribution in [-0.4, -0.2) is 38.3 Å². The number of benzene rings is 1. The molecule has 0 fully saturated rings. The highest BCUT2D eigenvalue weighted by molar-refractivity contribution is 7.89. The van der Waals surface area contributed by atoms with Crippen molar-refractivity contribution in [3.63, 3.8) is 0 Å². The van der Waals surface area contributed by atoms with Crippen LogP contribution in [0.4, 0.5) is 5.69 Å². The second kappa shape index (κ2) is 6.83. The van der Waals surface area contributed by atoms with Crippen molar-refractivity contribution in [1.82, 2.24) is 9.62 Å². The third-order valence-electron chi connectivity index (χ3n) is 2.52. The van der Waals surface area contributed by atoms with Crippen LogP contribution in [-0.2, 0) is 14.8 Å². The fourth-order valence-corrected chi connectivity index (χ4v) is 3.73. The van der Waals surface area contributed by atoms with Crippen LogP contribution in [0.15, 0.2) is 17.0 Å². The molecule has 1 aromatic carbocycles. The Morgan fingerprint density at radius 2 is 1.95 bits per heavy atom. The van der Waals surface area contributed by atoms with Gasteiger partial charge < -0.3 is 11.1 Å². The molecule has 1 aromatic rings. The van der Waals surface area contributed by atoms with Crippen LogP contribution < -0.4 is 11.1 Å². The lowest BCUT2D eigenvalue weighted by atomic mass is 10.3. The molecule has 0 heterocycles. The molecule has 0 bridgehead atoms. The first-order valence-electron chi connectivity index (χ1n) is 6.06. The lowest BCUT2D eigenvalue weighted by Gasteiger charge is -2.19. The molecule has 118 valence electrons. The number of sulfonamides is 1. The number of hydrogen-bond donors (Lipinski definition) is 2. The van der Waals surface area contributed by atoms with Crippen LogP contribution in [0.3, 0.4) is 0 Å². The average Bonchev–Trinajstić information content (AvgIpc) is 2.24. The summed E-state index contributed by atoms with van der Waals surface area (Å²) in [5, 5.41) is 2.75. The maximum atomic E-state index is 12.4. The first kappa shape index (κ1) is 18.0. The molecule has 0 aliphatic rings. The Labute approximate surface area is 134 Å². The molecule has 6 nitrogen and oxygen atoms in total. The summed E-state index contributed by atoms with van der Waals surface area (Å²) in [6, 6.07) is 2.49. The van der Waals surface area contributed by atoms with Crippen molar-refractivity contribution in [2.75, 3.05) is 19.3 Å². The number of carbonyl (C=O) groups is 1. The molecule has 0 saturated heterocycles. The SMILES string of the molecule is CC(C)NC(=O)CN(C)S(=O)(=O)c1c(N)cc(Cl)cc1Cl. The number of carbonyl (C=O) groups excluding carboxylic acids is 1. The van der Waals surface area contributed by atoms with Gasteiger partial charge in [0.05, 0.1) is 17.3 Å². The first-order valence-corrected chi connectivity index (χ1v) is 8.25. The molecular formula is C12H17Cl2N3O3S. The molecule has 0 aromatic heterocycles. The van der Waals surface area contributed by atoms with E-state index in [0.717, 1.165) is 4.31 Å². The van der Waals surface area contributed by atoms with E-state index in [2.05, 4.69) is 5.32 Å². The Morgan fingerprint density at radius 1 is 1.38 bits per heavy atom. The third-order valence-corrected chi connectivity index (χ3v) is 5.07. The van der Waals surface area contributed by atoms with Crippen LogP contribution in [0, 0.1) is 0 Å². The molecule has 0 spiro atoms. The number of nitrogens with one attached hydrogen (secondary N) is 1. The van der Waals surface area contributed by atoms with E-state index in [9.17, 15) is 13.2 Å². The summed E-state index contributed by atoms with van der Waals surface area (Å²) in [7, 11) is -2.71. The van der Waals surface area contributed by atoms with Crippen molar-refractivity contribution >= 4 is 44.8 Å². The number of rotatable bonds is 5. The van der Waals surface area contributed by atoms with Crippen molar-refractivity contribution < 1.29 is 13.2 Å². The molecule has 0 saturated carbocycles. The van der Waals surface area contributed by atoms with Crippen molar-refractivity contribution in [2.45, 2.75) is 24.8 Å². The lowest BCUT2D eigenvalue weighted by Crippen LogP contribution is -2.41. The molecule has 0 aliphatic heterocycles. The standard InChI is InChI=1S/C12H17Cl2N3O3S/c1-7(2)16-11(18)6-17(3)21(19,20)12-9(14)4-8(13)5-10(12)15/h4-5,7H,6,15H2,1-3H3,(H,16,18). The van der Waals surface area contributed by atoms with E-state index in [-0.39, 0.29) is 33.2 Å². The number of halogens is 2. The predicted octanol–water partition coefficient (Wildman–Crippen LogP) is 1.72. The van der Waals surface area contributed by atoms with Gasteiger partial charge in [0.25, 0.3) is 0 Å². The van der Waals surface area contributed by atoms with E-state index in [4.69, 9.17) is 28.9 Å². The van der Waals surface area contributed by atoms with Gasteiger partial charge in [0.15, 0.2) is 0 Å². The van der Waals surface area contributed by atoms with E-state index in [1.807, 2.05) is 0 Å². The quantitative estimate of drug-likeness (QED) is 0.788. The fraction of sp³-hybridized carbons (Fsp3) is 0.417. The number of nitrogens with two attached hydrogens (primary N) is 1. The van der Waals surface area contributed by atoms with E-state index < -0.39 is 15.9 Å². The highest BCUT2D eigenvalue weighted by Crippen LogP contribution is 2.32. The van der Waals surface area contributed by atoms with Gasteiger partial charge in [-0.05, 0) is 26.0 Å². The number of amides is 1. The van der Waals surface area contributed by atoms with Crippen molar-refractivity contribution in [2.24, 2.45) is 0 Å². The average molecular weight is 354 g/mol. The second-order valence-corrected chi connectivity index (χ2v) is 7.61. The van der Waals surface area contributed by atoms with Gasteiger partial charge in [-0.25, -0.2) is 8.42 Å². The number of hydrogen-bond acceptors (Lipinski definition) is 4. The number of anilines is 1. The summed E-state index contributed by atoms with van der Waals surface area (Å²) in [5.41, 5.74) is 5.62. The molecule has 0 atom stereocenters. The molecule has 1 amide bonds. The molecule has 0 radical (unpaired) electrons. The maximum Gasteiger partial charge on any atom is 0.246 e. The van der Waals surface area contributed by atoms with Gasteiger partial charge in [-0.15, -0.1) is 0 Å². The zero-order chi connectivity index (χ0) is 16.4. The summed E-state index contributed by atoms with van der Waals surface area (Å²) >= 11 is 11.7. The highest BCUT2D eigenvalue weighted by atomic mass is 35.5. The van der Waals surface area contributed by atoms with Gasteiger partial charge in [0.1, 0.15) is 4.90 Å². The summed E-state index contributed by atoms with van der Waals surface area (Å²) < 4.78 is 25.8. The van der Waals surface area contributed by atoms with E-state index in [1.165, 1.54) is 19.2 Å². The zero-order valence-corrected chi connectivity index (χ0v) is 14.2. The Kier molecular flexibility index (Phi) is 5.86. The maximum absolute atomic E-state index is 12.4. The minimum Gasteiger partial charge on any atom is -0.398 e. The van der Waals surface area contributed by atoms with E-state index in [1.54, 1.807) is 13.8 Å². The Balaban J connectivity index is 3.09. The zero-order valence-electron chi connectivity index (χ0n) is 11.9. The molecular weight excluding hydrogens is 337 g/mol. The van der Waals surface area contributed by atoms with Crippen LogP contribution >= 0.6 is 23.2 Å². The number of nitrogen functional groups attached to an aromatic ring is 1. The van der Waals surface area contributed by atoms with Gasteiger partial charge in [0.2, 0.25) is 15.9 Å². The van der Waals surface area contributed by atoms with Crippen LogP contribution in [0.1, 0.15) is 13.8 Å². The monoisotopic (exact) mass is 353 g/mol. The number of nitrogens with zero attached hydrogens (tertiary/aromatic N) is 1. The molecule has 21 heavy (non-hydrogen) atoms. The topological polar surface area (TPSA) is 92.5 Å². The van der Waals surface area contributed by atoms with E-state index in [0.29, 0.717) is 0 Å². The van der Waals surface area contributed by atoms with E-state index >= 15 is 0 Å².